The number of aliphatic hydroxyl groups is 1. The number of piperidine rings is 1. The molecule has 0 aromatic carbocycles. The molecule has 1 saturated carbocycles. The Morgan fingerprint density at radius 1 is 1.32 bits per heavy atom. The van der Waals surface area contributed by atoms with E-state index in [1.165, 1.54) is 32.1 Å². The molecule has 6 nitrogen and oxygen atoms in total. The largest absolute Gasteiger partial charge is 0.379 e. The number of rotatable bonds is 8. The third-order valence-electron chi connectivity index (χ3n) is 6.36. The zero-order valence-electron chi connectivity index (χ0n) is 17.8. The van der Waals surface area contributed by atoms with Crippen LogP contribution in [0, 0.1) is 5.92 Å². The molecule has 2 fully saturated rings. The second-order valence-corrected chi connectivity index (χ2v) is 9.27. The van der Waals surface area contributed by atoms with Gasteiger partial charge in [-0.3, -0.25) is 9.69 Å². The van der Waals surface area contributed by atoms with Crippen molar-refractivity contribution < 1.29 is 14.4 Å². The Morgan fingerprint density at radius 3 is 2.75 bits per heavy atom. The van der Waals surface area contributed by atoms with Crippen LogP contribution in [-0.4, -0.2) is 58.3 Å². The summed E-state index contributed by atoms with van der Waals surface area (Å²) in [5, 5.41) is 15.2. The van der Waals surface area contributed by atoms with Crippen molar-refractivity contribution in [3.8, 4) is 0 Å². The molecule has 0 bridgehead atoms. The van der Waals surface area contributed by atoms with Gasteiger partial charge in [0.1, 0.15) is 0 Å². The maximum Gasteiger partial charge on any atom is 0.255 e. The molecule has 1 aliphatic heterocycles. The van der Waals surface area contributed by atoms with E-state index in [1.807, 2.05) is 22.9 Å². The van der Waals surface area contributed by atoms with Crippen LogP contribution in [0.2, 0.25) is 0 Å². The molecule has 158 valence electrons. The molecular weight excluding hydrogens is 354 g/mol. The van der Waals surface area contributed by atoms with Gasteiger partial charge in [-0.25, -0.2) is 0 Å². The molecule has 1 amide bonds. The van der Waals surface area contributed by atoms with Gasteiger partial charge in [0.2, 0.25) is 0 Å². The monoisotopic (exact) mass is 391 g/mol. The van der Waals surface area contributed by atoms with Gasteiger partial charge in [0.15, 0.2) is 11.4 Å². The van der Waals surface area contributed by atoms with E-state index in [0.29, 0.717) is 25.4 Å². The van der Waals surface area contributed by atoms with E-state index in [9.17, 15) is 9.90 Å². The zero-order chi connectivity index (χ0) is 20.1. The summed E-state index contributed by atoms with van der Waals surface area (Å²) in [5.74, 6) is 1.75. The van der Waals surface area contributed by atoms with E-state index in [0.717, 1.165) is 43.3 Å². The number of carbonyl (C=O) groups excluding carboxylic acids is 1. The lowest BCUT2D eigenvalue weighted by Crippen LogP contribution is -2.58. The number of nitrogens with zero attached hydrogens (tertiary/aromatic N) is 3. The van der Waals surface area contributed by atoms with Gasteiger partial charge in [0.05, 0.1) is 12.2 Å². The van der Waals surface area contributed by atoms with Gasteiger partial charge < -0.3 is 14.5 Å². The maximum atomic E-state index is 13.0. The molecule has 6 heteroatoms. The summed E-state index contributed by atoms with van der Waals surface area (Å²) in [6, 6.07) is 1.96. The number of hydrogen-bond acceptors (Lipinski definition) is 5. The zero-order valence-corrected chi connectivity index (χ0v) is 17.8. The van der Waals surface area contributed by atoms with Crippen molar-refractivity contribution >= 4 is 5.91 Å². The topological polar surface area (TPSA) is 69.8 Å². The lowest BCUT2D eigenvalue weighted by atomic mass is 9.86. The van der Waals surface area contributed by atoms with Gasteiger partial charge >= 0.3 is 0 Å². The molecule has 2 aliphatic rings. The minimum Gasteiger partial charge on any atom is -0.379 e. The van der Waals surface area contributed by atoms with Crippen LogP contribution in [0.3, 0.4) is 0 Å². The van der Waals surface area contributed by atoms with Crippen molar-refractivity contribution in [2.75, 3.05) is 26.7 Å². The molecule has 1 N–H and O–H groups in total. The third kappa shape index (κ3) is 5.35. The van der Waals surface area contributed by atoms with Crippen molar-refractivity contribution in [3.63, 3.8) is 0 Å². The predicted molar refractivity (Wildman–Crippen MR) is 109 cm³/mol. The fourth-order valence-corrected chi connectivity index (χ4v) is 4.68. The number of likely N-dealkylation sites (tertiary alicyclic amines) is 1. The summed E-state index contributed by atoms with van der Waals surface area (Å²) in [4.78, 5) is 16.9. The maximum absolute atomic E-state index is 13.0. The minimum absolute atomic E-state index is 0.0955. The molecule has 1 aromatic rings. The molecule has 1 aliphatic carbocycles. The molecule has 3 rings (SSSR count). The summed E-state index contributed by atoms with van der Waals surface area (Å²) in [5.41, 5.74) is -0.356. The number of likely N-dealkylation sites (N-methyl/N-ethyl adjacent to an activating group) is 1. The average Bonchev–Trinajstić information content (AvgIpc) is 3.12. The summed E-state index contributed by atoms with van der Waals surface area (Å²) < 4.78 is 5.40. The number of hydrogen-bond donors (Lipinski definition) is 1. The van der Waals surface area contributed by atoms with Crippen LogP contribution in [0.1, 0.15) is 82.6 Å². The Kier molecular flexibility index (Phi) is 7.15. The first-order chi connectivity index (χ1) is 13.4. The van der Waals surface area contributed by atoms with Gasteiger partial charge in [0.25, 0.3) is 5.91 Å². The smallest absolute Gasteiger partial charge is 0.255 e. The van der Waals surface area contributed by atoms with Gasteiger partial charge in [-0.15, -0.1) is 0 Å². The molecule has 1 aromatic heterocycles. The molecule has 28 heavy (non-hydrogen) atoms. The van der Waals surface area contributed by atoms with E-state index < -0.39 is 5.60 Å². The van der Waals surface area contributed by atoms with Gasteiger partial charge in [-0.2, -0.15) is 0 Å². The fraction of sp³-hybridized carbons (Fsp3) is 0.818. The SMILES string of the molecule is CC(C)c1cc(CN(C)C[C@@]2(O)CCCN(CCC3CCCCC3)C2=O)on1. The van der Waals surface area contributed by atoms with E-state index >= 15 is 0 Å². The molecule has 1 saturated heterocycles. The van der Waals surface area contributed by atoms with Gasteiger partial charge in [0, 0.05) is 25.7 Å². The van der Waals surface area contributed by atoms with Crippen LogP contribution < -0.4 is 0 Å². The number of aromatic nitrogens is 1. The lowest BCUT2D eigenvalue weighted by Gasteiger charge is -2.40. The normalized spacial score (nSPS) is 24.5. The highest BCUT2D eigenvalue weighted by Crippen LogP contribution is 2.29. The standard InChI is InChI=1S/C22H37N3O3/c1-17(2)20-14-19(28-23-20)15-24(3)16-22(27)11-7-12-25(21(22)26)13-10-18-8-5-4-6-9-18/h14,17-18,27H,4-13,15-16H2,1-3H3/t22-/m0/s1. The summed E-state index contributed by atoms with van der Waals surface area (Å²) in [7, 11) is 1.92. The highest BCUT2D eigenvalue weighted by atomic mass is 16.5. The van der Waals surface area contributed by atoms with Crippen molar-refractivity contribution in [1.82, 2.24) is 15.0 Å². The molecule has 2 heterocycles. The van der Waals surface area contributed by atoms with Crippen molar-refractivity contribution in [1.29, 1.82) is 0 Å². The molecule has 0 radical (unpaired) electrons. The first-order valence-electron chi connectivity index (χ1n) is 11.0. The van der Waals surface area contributed by atoms with Crippen molar-refractivity contribution in [3.05, 3.63) is 17.5 Å². The fourth-order valence-electron chi connectivity index (χ4n) is 4.68. The lowest BCUT2D eigenvalue weighted by molar-refractivity contribution is -0.159. The Morgan fingerprint density at radius 2 is 2.07 bits per heavy atom. The van der Waals surface area contributed by atoms with E-state index in [2.05, 4.69) is 19.0 Å². The van der Waals surface area contributed by atoms with E-state index in [-0.39, 0.29) is 5.91 Å². The van der Waals surface area contributed by atoms with E-state index in [1.54, 1.807) is 0 Å². The summed E-state index contributed by atoms with van der Waals surface area (Å²) in [6.45, 7) is 6.58. The van der Waals surface area contributed by atoms with Gasteiger partial charge in [-0.1, -0.05) is 51.1 Å². The second-order valence-electron chi connectivity index (χ2n) is 9.27. The Hall–Kier alpha value is -1.40. The van der Waals surface area contributed by atoms with Crippen molar-refractivity contribution in [2.24, 2.45) is 5.92 Å². The Balaban J connectivity index is 1.52. The second kappa shape index (κ2) is 9.40. The minimum atomic E-state index is -1.29. The predicted octanol–water partition coefficient (Wildman–Crippen LogP) is 3.55. The average molecular weight is 392 g/mol. The van der Waals surface area contributed by atoms with Crippen LogP contribution in [0.5, 0.6) is 0 Å². The number of carbonyl (C=O) groups is 1. The third-order valence-corrected chi connectivity index (χ3v) is 6.36. The van der Waals surface area contributed by atoms with Crippen LogP contribution in [0.15, 0.2) is 10.6 Å². The van der Waals surface area contributed by atoms with Gasteiger partial charge in [-0.05, 0) is 38.1 Å². The molecular formula is C22H37N3O3. The summed E-state index contributed by atoms with van der Waals surface area (Å²) >= 11 is 0. The van der Waals surface area contributed by atoms with Crippen LogP contribution in [0.4, 0.5) is 0 Å². The first kappa shape index (κ1) is 21.3. The van der Waals surface area contributed by atoms with Crippen LogP contribution in [0.25, 0.3) is 0 Å². The molecule has 1 atom stereocenters. The first-order valence-corrected chi connectivity index (χ1v) is 11.0. The van der Waals surface area contributed by atoms with Crippen LogP contribution in [-0.2, 0) is 11.3 Å². The number of amides is 1. The Bertz CT molecular complexity index is 639. The van der Waals surface area contributed by atoms with Crippen molar-refractivity contribution in [2.45, 2.75) is 83.3 Å². The quantitative estimate of drug-likeness (QED) is 0.734. The Labute approximate surface area is 169 Å². The van der Waals surface area contributed by atoms with Crippen LogP contribution >= 0.6 is 0 Å². The molecule has 0 unspecified atom stereocenters. The molecule has 0 spiro atoms. The van der Waals surface area contributed by atoms with E-state index in [4.69, 9.17) is 4.52 Å². The summed E-state index contributed by atoms with van der Waals surface area (Å²) in [6.07, 6.45) is 9.07. The highest BCUT2D eigenvalue weighted by molar-refractivity contribution is 5.86. The highest BCUT2D eigenvalue weighted by Gasteiger charge is 2.42.